The summed E-state index contributed by atoms with van der Waals surface area (Å²) in [5, 5.41) is 12.1. The molecule has 0 aliphatic carbocycles. The predicted molar refractivity (Wildman–Crippen MR) is 44.4 cm³/mol. The molecular formula is C8H17NO2. The highest BCUT2D eigenvalue weighted by molar-refractivity contribution is 5.77. The number of hydrogen-bond donors (Lipinski definition) is 2. The van der Waals surface area contributed by atoms with Crippen molar-refractivity contribution < 1.29 is 9.90 Å². The van der Waals surface area contributed by atoms with Crippen LogP contribution in [0.3, 0.4) is 0 Å². The number of hydrogen-bond acceptors (Lipinski definition) is 3. The highest BCUT2D eigenvalue weighted by atomic mass is 16.3. The Balaban J connectivity index is 3.31. The first kappa shape index (κ1) is 10.6. The van der Waals surface area contributed by atoms with E-state index in [0.717, 1.165) is 0 Å². The smallest absolute Gasteiger partial charge is 0.143 e. The molecule has 0 amide bonds. The lowest BCUT2D eigenvalue weighted by atomic mass is 10.1. The van der Waals surface area contributed by atoms with Crippen LogP contribution in [-0.2, 0) is 4.79 Å². The summed E-state index contributed by atoms with van der Waals surface area (Å²) in [6.07, 6.45) is -0.352. The third kappa shape index (κ3) is 6.01. The second-order valence-electron chi connectivity index (χ2n) is 3.14. The van der Waals surface area contributed by atoms with Gasteiger partial charge in [-0.15, -0.1) is 0 Å². The molecule has 0 bridgehead atoms. The van der Waals surface area contributed by atoms with Crippen LogP contribution in [0, 0.1) is 5.92 Å². The fraction of sp³-hybridized carbons (Fsp3) is 0.875. The molecule has 0 radical (unpaired) electrons. The zero-order chi connectivity index (χ0) is 8.85. The number of Topliss-reactive ketones (excluding diaryl/α,β-unsaturated/α-hetero) is 1. The van der Waals surface area contributed by atoms with Gasteiger partial charge in [0.1, 0.15) is 5.78 Å². The summed E-state index contributed by atoms with van der Waals surface area (Å²) in [6, 6.07) is 0. The summed E-state index contributed by atoms with van der Waals surface area (Å²) in [6.45, 7) is 6.26. The molecular weight excluding hydrogens is 142 g/mol. The Hall–Kier alpha value is -0.410. The molecule has 1 atom stereocenters. The van der Waals surface area contributed by atoms with Crippen molar-refractivity contribution >= 4 is 5.78 Å². The molecule has 1 unspecified atom stereocenters. The number of carbonyl (C=O) groups is 1. The van der Waals surface area contributed by atoms with Crippen LogP contribution in [0.2, 0.25) is 0 Å². The predicted octanol–water partition coefficient (Wildman–Crippen LogP) is 0.182. The van der Waals surface area contributed by atoms with Crippen LogP contribution >= 0.6 is 0 Å². The average Bonchev–Trinajstić information content (AvgIpc) is 1.86. The molecule has 3 nitrogen and oxygen atoms in total. The largest absolute Gasteiger partial charge is 0.392 e. The van der Waals surface area contributed by atoms with Crippen LogP contribution < -0.4 is 5.32 Å². The number of carbonyl (C=O) groups excluding carboxylic acids is 1. The maximum atomic E-state index is 10.5. The van der Waals surface area contributed by atoms with E-state index in [0.29, 0.717) is 13.1 Å². The standard InChI is InChI=1S/C8H17NO2/c1-6(2)8(11)5-9-4-7(3)10/h6,8-9,11H,4-5H2,1-3H3. The van der Waals surface area contributed by atoms with Gasteiger partial charge in [-0.1, -0.05) is 13.8 Å². The molecule has 0 aliphatic heterocycles. The van der Waals surface area contributed by atoms with Gasteiger partial charge in [-0.25, -0.2) is 0 Å². The van der Waals surface area contributed by atoms with Gasteiger partial charge in [-0.2, -0.15) is 0 Å². The minimum Gasteiger partial charge on any atom is -0.392 e. The van der Waals surface area contributed by atoms with Gasteiger partial charge in [0.2, 0.25) is 0 Å². The molecule has 2 N–H and O–H groups in total. The third-order valence-electron chi connectivity index (χ3n) is 1.50. The van der Waals surface area contributed by atoms with E-state index >= 15 is 0 Å². The zero-order valence-corrected chi connectivity index (χ0v) is 7.42. The van der Waals surface area contributed by atoms with E-state index in [1.54, 1.807) is 0 Å². The van der Waals surface area contributed by atoms with Crippen LogP contribution in [0.4, 0.5) is 0 Å². The summed E-state index contributed by atoms with van der Waals surface area (Å²) in [5.41, 5.74) is 0. The lowest BCUT2D eigenvalue weighted by molar-refractivity contribution is -0.116. The number of aliphatic hydroxyl groups excluding tert-OH is 1. The van der Waals surface area contributed by atoms with E-state index in [1.807, 2.05) is 13.8 Å². The van der Waals surface area contributed by atoms with Crippen molar-refractivity contribution in [1.29, 1.82) is 0 Å². The molecule has 0 saturated carbocycles. The van der Waals surface area contributed by atoms with Crippen LogP contribution in [-0.4, -0.2) is 30.1 Å². The Morgan fingerprint density at radius 2 is 2.09 bits per heavy atom. The monoisotopic (exact) mass is 159 g/mol. The Bertz CT molecular complexity index is 123. The first-order valence-electron chi connectivity index (χ1n) is 3.92. The summed E-state index contributed by atoms with van der Waals surface area (Å²) in [4.78, 5) is 10.5. The molecule has 0 fully saturated rings. The van der Waals surface area contributed by atoms with E-state index in [-0.39, 0.29) is 17.8 Å². The van der Waals surface area contributed by atoms with Gasteiger partial charge in [-0.3, -0.25) is 4.79 Å². The maximum absolute atomic E-state index is 10.5. The molecule has 11 heavy (non-hydrogen) atoms. The van der Waals surface area contributed by atoms with Crippen LogP contribution in [0.1, 0.15) is 20.8 Å². The van der Waals surface area contributed by atoms with E-state index in [4.69, 9.17) is 0 Å². The van der Waals surface area contributed by atoms with E-state index in [9.17, 15) is 9.90 Å². The van der Waals surface area contributed by atoms with Gasteiger partial charge in [0.05, 0.1) is 12.6 Å². The molecule has 0 aromatic heterocycles. The minimum absolute atomic E-state index is 0.0981. The molecule has 3 heteroatoms. The van der Waals surface area contributed by atoms with Crippen molar-refractivity contribution in [1.82, 2.24) is 5.32 Å². The quantitative estimate of drug-likeness (QED) is 0.601. The first-order valence-corrected chi connectivity index (χ1v) is 3.92. The van der Waals surface area contributed by atoms with Crippen molar-refractivity contribution in [3.05, 3.63) is 0 Å². The molecule has 0 spiro atoms. The molecule has 0 rings (SSSR count). The third-order valence-corrected chi connectivity index (χ3v) is 1.50. The molecule has 0 aliphatic rings. The molecule has 0 aromatic rings. The van der Waals surface area contributed by atoms with Gasteiger partial charge >= 0.3 is 0 Å². The van der Waals surface area contributed by atoms with Crippen LogP contribution in [0.15, 0.2) is 0 Å². The summed E-state index contributed by atoms with van der Waals surface area (Å²) in [5.74, 6) is 0.343. The zero-order valence-electron chi connectivity index (χ0n) is 7.42. The van der Waals surface area contributed by atoms with Gasteiger partial charge in [0.25, 0.3) is 0 Å². The Morgan fingerprint density at radius 3 is 2.45 bits per heavy atom. The highest BCUT2D eigenvalue weighted by Gasteiger charge is 2.07. The summed E-state index contributed by atoms with van der Waals surface area (Å²) in [7, 11) is 0. The number of ketones is 1. The number of nitrogens with one attached hydrogen (secondary N) is 1. The number of rotatable bonds is 5. The van der Waals surface area contributed by atoms with E-state index < -0.39 is 0 Å². The van der Waals surface area contributed by atoms with Gasteiger partial charge in [0.15, 0.2) is 0 Å². The van der Waals surface area contributed by atoms with Crippen molar-refractivity contribution in [3.8, 4) is 0 Å². The fourth-order valence-corrected chi connectivity index (χ4v) is 0.632. The van der Waals surface area contributed by atoms with Crippen LogP contribution in [0.5, 0.6) is 0 Å². The average molecular weight is 159 g/mol. The molecule has 0 saturated heterocycles. The lowest BCUT2D eigenvalue weighted by Crippen LogP contribution is -2.33. The van der Waals surface area contributed by atoms with Crippen molar-refractivity contribution in [2.24, 2.45) is 5.92 Å². The fourth-order valence-electron chi connectivity index (χ4n) is 0.632. The van der Waals surface area contributed by atoms with E-state index in [2.05, 4.69) is 5.32 Å². The van der Waals surface area contributed by atoms with Crippen molar-refractivity contribution in [3.63, 3.8) is 0 Å². The topological polar surface area (TPSA) is 49.3 Å². The molecule has 0 heterocycles. The number of aliphatic hydroxyl groups is 1. The van der Waals surface area contributed by atoms with Crippen molar-refractivity contribution in [2.75, 3.05) is 13.1 Å². The van der Waals surface area contributed by atoms with Gasteiger partial charge < -0.3 is 10.4 Å². The Morgan fingerprint density at radius 1 is 1.55 bits per heavy atom. The van der Waals surface area contributed by atoms with E-state index in [1.165, 1.54) is 6.92 Å². The maximum Gasteiger partial charge on any atom is 0.143 e. The van der Waals surface area contributed by atoms with Gasteiger partial charge in [0, 0.05) is 6.54 Å². The highest BCUT2D eigenvalue weighted by Crippen LogP contribution is 1.98. The second-order valence-corrected chi connectivity index (χ2v) is 3.14. The Labute approximate surface area is 67.8 Å². The lowest BCUT2D eigenvalue weighted by Gasteiger charge is -2.13. The summed E-state index contributed by atoms with van der Waals surface area (Å²) < 4.78 is 0. The van der Waals surface area contributed by atoms with Crippen molar-refractivity contribution in [2.45, 2.75) is 26.9 Å². The second kappa shape index (κ2) is 5.27. The molecule has 0 aromatic carbocycles. The van der Waals surface area contributed by atoms with Crippen LogP contribution in [0.25, 0.3) is 0 Å². The normalized spacial score (nSPS) is 13.5. The summed E-state index contributed by atoms with van der Waals surface area (Å²) >= 11 is 0. The first-order chi connectivity index (χ1) is 5.04. The minimum atomic E-state index is -0.352. The SMILES string of the molecule is CC(=O)CNCC(O)C(C)C. The molecule has 66 valence electrons. The van der Waals surface area contributed by atoms with Gasteiger partial charge in [-0.05, 0) is 12.8 Å². The Kier molecular flexibility index (Phi) is 5.07.